The first kappa shape index (κ1) is 16.6. The molecule has 2 N–H and O–H groups in total. The highest BCUT2D eigenvalue weighted by molar-refractivity contribution is 5.91. The average Bonchev–Trinajstić information content (AvgIpc) is 2.91. The lowest BCUT2D eigenvalue weighted by Gasteiger charge is -2.02. The van der Waals surface area contributed by atoms with Gasteiger partial charge in [-0.15, -0.1) is 10.2 Å². The average molecular weight is 338 g/mol. The maximum Gasteiger partial charge on any atom is 0.339 e. The number of azo groups is 1. The van der Waals surface area contributed by atoms with E-state index in [0.717, 1.165) is 16.9 Å². The Kier molecular flexibility index (Phi) is 4.22. The minimum absolute atomic E-state index is 0.156. The zero-order chi connectivity index (χ0) is 18.1. The number of nitrogens with zero attached hydrogens (tertiary/aromatic N) is 4. The molecular formula is C18H18N4O3. The number of hydrogen-bond donors (Lipinski definition) is 2. The quantitative estimate of drug-likeness (QED) is 0.680. The molecule has 25 heavy (non-hydrogen) atoms. The van der Waals surface area contributed by atoms with Crippen molar-refractivity contribution in [2.24, 2.45) is 10.2 Å². The molecule has 0 fully saturated rings. The number of carboxylic acid groups (broad SMARTS) is 1. The number of aryl methyl sites for hydroxylation is 1. The normalized spacial score (nSPS) is 11.7. The summed E-state index contributed by atoms with van der Waals surface area (Å²) < 4.78 is 1.85. The Morgan fingerprint density at radius 1 is 1.20 bits per heavy atom. The van der Waals surface area contributed by atoms with E-state index < -0.39 is 5.97 Å². The molecule has 0 unspecified atom stereocenters. The Bertz CT molecular complexity index is 989. The first-order valence-electron chi connectivity index (χ1n) is 7.83. The monoisotopic (exact) mass is 338 g/mol. The minimum Gasteiger partial charge on any atom is -0.507 e. The third kappa shape index (κ3) is 3.21. The molecule has 0 spiro atoms. The number of phenols is 1. The molecule has 7 nitrogen and oxygen atoms in total. The van der Waals surface area contributed by atoms with E-state index in [4.69, 9.17) is 5.11 Å². The number of hydrogen-bond acceptors (Lipinski definition) is 5. The van der Waals surface area contributed by atoms with E-state index in [1.807, 2.05) is 43.5 Å². The van der Waals surface area contributed by atoms with Crippen molar-refractivity contribution in [3.63, 3.8) is 0 Å². The molecule has 0 atom stereocenters. The van der Waals surface area contributed by atoms with Gasteiger partial charge in [-0.05, 0) is 48.7 Å². The van der Waals surface area contributed by atoms with Crippen LogP contribution in [0, 0.1) is 6.92 Å². The van der Waals surface area contributed by atoms with Crippen LogP contribution in [0.25, 0.3) is 5.65 Å². The highest BCUT2D eigenvalue weighted by Crippen LogP contribution is 2.30. The molecule has 3 aromatic rings. The molecule has 2 heterocycles. The Morgan fingerprint density at radius 2 is 1.96 bits per heavy atom. The van der Waals surface area contributed by atoms with Crippen LogP contribution in [0.3, 0.4) is 0 Å². The summed E-state index contributed by atoms with van der Waals surface area (Å²) in [4.78, 5) is 15.7. The molecule has 1 aromatic carbocycles. The predicted octanol–water partition coefficient (Wildman–Crippen LogP) is 4.59. The highest BCUT2D eigenvalue weighted by atomic mass is 16.4. The highest BCUT2D eigenvalue weighted by Gasteiger charge is 2.15. The summed E-state index contributed by atoms with van der Waals surface area (Å²) in [6.07, 6.45) is 1.89. The maximum absolute atomic E-state index is 11.1. The van der Waals surface area contributed by atoms with Crippen molar-refractivity contribution in [2.45, 2.75) is 26.7 Å². The van der Waals surface area contributed by atoms with Crippen LogP contribution in [0.15, 0.2) is 46.8 Å². The topological polar surface area (TPSA) is 99.6 Å². The number of carboxylic acids is 1. The van der Waals surface area contributed by atoms with Crippen molar-refractivity contribution < 1.29 is 15.0 Å². The molecule has 128 valence electrons. The van der Waals surface area contributed by atoms with E-state index in [1.54, 1.807) is 0 Å². The lowest BCUT2D eigenvalue weighted by atomic mass is 10.1. The van der Waals surface area contributed by atoms with Gasteiger partial charge in [0.25, 0.3) is 0 Å². The first-order valence-corrected chi connectivity index (χ1v) is 7.83. The molecule has 0 amide bonds. The fourth-order valence-electron chi connectivity index (χ4n) is 2.50. The Labute approximate surface area is 144 Å². The number of imidazole rings is 1. The van der Waals surface area contributed by atoms with Gasteiger partial charge in [0.2, 0.25) is 0 Å². The molecule has 0 saturated heterocycles. The molecule has 7 heteroatoms. The van der Waals surface area contributed by atoms with Crippen molar-refractivity contribution in [3.05, 3.63) is 53.3 Å². The van der Waals surface area contributed by atoms with Gasteiger partial charge in [0.15, 0.2) is 5.82 Å². The van der Waals surface area contributed by atoms with Crippen LogP contribution in [0.2, 0.25) is 0 Å². The fraction of sp³-hybridized carbons (Fsp3) is 0.222. The smallest absolute Gasteiger partial charge is 0.339 e. The summed E-state index contributed by atoms with van der Waals surface area (Å²) in [5, 5.41) is 27.1. The molecule has 3 rings (SSSR count). The number of benzene rings is 1. The lowest BCUT2D eigenvalue weighted by molar-refractivity contribution is 0.0694. The minimum atomic E-state index is -1.22. The second kappa shape index (κ2) is 6.35. The van der Waals surface area contributed by atoms with Crippen molar-refractivity contribution in [2.75, 3.05) is 0 Å². The number of aromatic carboxylic acids is 1. The van der Waals surface area contributed by atoms with E-state index in [0.29, 0.717) is 11.5 Å². The largest absolute Gasteiger partial charge is 0.507 e. The van der Waals surface area contributed by atoms with Gasteiger partial charge in [-0.3, -0.25) is 4.40 Å². The van der Waals surface area contributed by atoms with Gasteiger partial charge in [0, 0.05) is 6.20 Å². The summed E-state index contributed by atoms with van der Waals surface area (Å²) in [5.41, 5.74) is 2.82. The van der Waals surface area contributed by atoms with Gasteiger partial charge in [-0.2, -0.15) is 0 Å². The van der Waals surface area contributed by atoms with Crippen LogP contribution >= 0.6 is 0 Å². The van der Waals surface area contributed by atoms with E-state index in [1.165, 1.54) is 18.2 Å². The van der Waals surface area contributed by atoms with Crippen LogP contribution in [-0.2, 0) is 0 Å². The maximum atomic E-state index is 11.1. The van der Waals surface area contributed by atoms with Gasteiger partial charge >= 0.3 is 5.97 Å². The number of carbonyl (C=O) groups is 1. The predicted molar refractivity (Wildman–Crippen MR) is 93.3 cm³/mol. The van der Waals surface area contributed by atoms with Gasteiger partial charge in [0.05, 0.1) is 11.4 Å². The van der Waals surface area contributed by atoms with Crippen LogP contribution in [0.4, 0.5) is 11.5 Å². The van der Waals surface area contributed by atoms with Crippen LogP contribution in [0.5, 0.6) is 5.75 Å². The van der Waals surface area contributed by atoms with Crippen LogP contribution in [0.1, 0.15) is 41.4 Å². The zero-order valence-corrected chi connectivity index (χ0v) is 14.1. The number of rotatable bonds is 4. The molecule has 0 bridgehead atoms. The summed E-state index contributed by atoms with van der Waals surface area (Å²) in [7, 11) is 0. The van der Waals surface area contributed by atoms with Crippen molar-refractivity contribution >= 4 is 23.1 Å². The summed E-state index contributed by atoms with van der Waals surface area (Å²) in [6.45, 7) is 6.04. The molecule has 0 aliphatic carbocycles. The Balaban J connectivity index is 2.08. The van der Waals surface area contributed by atoms with E-state index in [-0.39, 0.29) is 17.2 Å². The van der Waals surface area contributed by atoms with Crippen LogP contribution < -0.4 is 0 Å². The van der Waals surface area contributed by atoms with E-state index in [2.05, 4.69) is 15.2 Å². The number of pyridine rings is 1. The second-order valence-corrected chi connectivity index (χ2v) is 6.11. The second-order valence-electron chi connectivity index (χ2n) is 6.11. The Morgan fingerprint density at radius 3 is 2.64 bits per heavy atom. The number of aromatic nitrogens is 2. The fourth-order valence-corrected chi connectivity index (χ4v) is 2.50. The Hall–Kier alpha value is -3.22. The zero-order valence-electron chi connectivity index (χ0n) is 14.1. The molecule has 0 radical (unpaired) electrons. The summed E-state index contributed by atoms with van der Waals surface area (Å²) in [6, 6.07) is 8.01. The molecule has 2 aromatic heterocycles. The molecular weight excluding hydrogens is 320 g/mol. The van der Waals surface area contributed by atoms with Crippen LogP contribution in [-0.4, -0.2) is 25.6 Å². The van der Waals surface area contributed by atoms with Crippen molar-refractivity contribution in [3.8, 4) is 5.75 Å². The van der Waals surface area contributed by atoms with Gasteiger partial charge in [-0.25, -0.2) is 9.78 Å². The summed E-state index contributed by atoms with van der Waals surface area (Å²) in [5.74, 6) is -0.763. The molecule has 0 aliphatic heterocycles. The third-order valence-electron chi connectivity index (χ3n) is 3.80. The van der Waals surface area contributed by atoms with Crippen molar-refractivity contribution in [1.29, 1.82) is 0 Å². The summed E-state index contributed by atoms with van der Waals surface area (Å²) >= 11 is 0. The SMILES string of the molecule is Cc1ccn2c(N=Nc3ccc(O)c(C(=O)O)c3)c(C(C)C)nc2c1. The third-order valence-corrected chi connectivity index (χ3v) is 3.80. The number of aromatic hydroxyl groups is 1. The van der Waals surface area contributed by atoms with Gasteiger partial charge < -0.3 is 10.2 Å². The standard InChI is InChI=1S/C18H18N4O3/c1-10(2)16-17(22-7-6-11(3)8-15(22)19-16)21-20-12-4-5-14(23)13(9-12)18(24)25/h4-10,23H,1-3H3,(H,24,25). The first-order chi connectivity index (χ1) is 11.9. The van der Waals surface area contributed by atoms with Gasteiger partial charge in [0.1, 0.15) is 17.0 Å². The van der Waals surface area contributed by atoms with Crippen molar-refractivity contribution in [1.82, 2.24) is 9.38 Å². The van der Waals surface area contributed by atoms with Gasteiger partial charge in [-0.1, -0.05) is 13.8 Å². The van der Waals surface area contributed by atoms with E-state index in [9.17, 15) is 9.90 Å². The number of fused-ring (bicyclic) bond motifs is 1. The van der Waals surface area contributed by atoms with E-state index >= 15 is 0 Å². The molecule has 0 aliphatic rings. The molecule has 0 saturated carbocycles. The lowest BCUT2D eigenvalue weighted by Crippen LogP contribution is -1.95.